The number of hydrogen-bond acceptors (Lipinski definition) is 3. The van der Waals surface area contributed by atoms with Gasteiger partial charge in [-0.25, -0.2) is 0 Å². The molecule has 0 amide bonds. The minimum atomic E-state index is 0.00652. The Kier molecular flexibility index (Phi) is 3.93. The van der Waals surface area contributed by atoms with Crippen LogP contribution >= 0.6 is 0 Å². The average Bonchev–Trinajstić information content (AvgIpc) is 3.36. The van der Waals surface area contributed by atoms with Gasteiger partial charge in [-0.15, -0.1) is 0 Å². The second-order valence-corrected chi connectivity index (χ2v) is 8.55. The number of hydrogen-bond donors (Lipinski definition) is 1. The first kappa shape index (κ1) is 17.1. The van der Waals surface area contributed by atoms with Crippen molar-refractivity contribution in [3.8, 4) is 0 Å². The van der Waals surface area contributed by atoms with Gasteiger partial charge in [-0.3, -0.25) is 9.89 Å². The molecule has 2 saturated heterocycles. The van der Waals surface area contributed by atoms with Gasteiger partial charge in [0, 0.05) is 37.4 Å². The SMILES string of the molecule is C1=Nc2ccccc2[C@]12CCN(Cc1ccccc1)[C@@H]2[C@@H]1NC1c1ccccc1. The lowest BCUT2D eigenvalue weighted by atomic mass is 9.74. The predicted molar refractivity (Wildman–Crippen MR) is 118 cm³/mol. The molecule has 3 heterocycles. The van der Waals surface area contributed by atoms with Gasteiger partial charge < -0.3 is 5.32 Å². The van der Waals surface area contributed by atoms with Crippen LogP contribution in [0.25, 0.3) is 0 Å². The molecule has 3 aliphatic rings. The lowest BCUT2D eigenvalue weighted by Gasteiger charge is -2.34. The molecule has 29 heavy (non-hydrogen) atoms. The molecule has 0 aliphatic carbocycles. The smallest absolute Gasteiger partial charge is 0.0668 e. The standard InChI is InChI=1S/C26H25N3/c1-3-9-19(10-4-1)17-29-16-15-26(18-27-22-14-8-7-13-21(22)26)25(29)24-23(28-24)20-11-5-2-6-12-20/h1-14,18,23-25,28H,15-17H2/t23?,24-,25-,26+/m1/s1. The van der Waals surface area contributed by atoms with E-state index in [9.17, 15) is 0 Å². The number of fused-ring (bicyclic) bond motifs is 2. The molecule has 3 nitrogen and oxygen atoms in total. The minimum absolute atomic E-state index is 0.00652. The van der Waals surface area contributed by atoms with Gasteiger partial charge in [0.1, 0.15) is 0 Å². The van der Waals surface area contributed by atoms with Crippen molar-refractivity contribution in [3.05, 3.63) is 102 Å². The lowest BCUT2D eigenvalue weighted by molar-refractivity contribution is 0.218. The Bertz CT molecular complexity index is 1050. The van der Waals surface area contributed by atoms with E-state index in [2.05, 4.69) is 101 Å². The van der Waals surface area contributed by atoms with Crippen LogP contribution in [-0.4, -0.2) is 29.7 Å². The van der Waals surface area contributed by atoms with Crippen LogP contribution in [0.15, 0.2) is 89.9 Å². The van der Waals surface area contributed by atoms with Crippen LogP contribution < -0.4 is 5.32 Å². The lowest BCUT2D eigenvalue weighted by Crippen LogP contribution is -2.47. The Balaban J connectivity index is 1.38. The molecule has 4 atom stereocenters. The van der Waals surface area contributed by atoms with E-state index in [4.69, 9.17) is 4.99 Å². The molecule has 0 saturated carbocycles. The summed E-state index contributed by atoms with van der Waals surface area (Å²) in [5, 5.41) is 3.82. The van der Waals surface area contributed by atoms with Crippen molar-refractivity contribution in [2.75, 3.05) is 6.54 Å². The fourth-order valence-corrected chi connectivity index (χ4v) is 5.54. The van der Waals surface area contributed by atoms with E-state index in [1.54, 1.807) is 0 Å². The molecule has 0 bridgehead atoms. The third-order valence-corrected chi connectivity index (χ3v) is 6.92. The molecular weight excluding hydrogens is 354 g/mol. The summed E-state index contributed by atoms with van der Waals surface area (Å²) in [5.41, 5.74) is 5.33. The van der Waals surface area contributed by atoms with Crippen LogP contribution in [0, 0.1) is 0 Å². The van der Waals surface area contributed by atoms with E-state index in [1.807, 2.05) is 0 Å². The molecule has 6 rings (SSSR count). The normalized spacial score (nSPS) is 30.0. The van der Waals surface area contributed by atoms with E-state index in [0.717, 1.165) is 25.2 Å². The highest BCUT2D eigenvalue weighted by Gasteiger charge is 2.59. The maximum Gasteiger partial charge on any atom is 0.0668 e. The van der Waals surface area contributed by atoms with Crippen LogP contribution in [0.2, 0.25) is 0 Å². The average molecular weight is 380 g/mol. The highest BCUT2D eigenvalue weighted by molar-refractivity contribution is 5.87. The van der Waals surface area contributed by atoms with E-state index in [0.29, 0.717) is 18.1 Å². The Morgan fingerprint density at radius 2 is 1.62 bits per heavy atom. The molecule has 3 heteroatoms. The first-order valence-corrected chi connectivity index (χ1v) is 10.6. The highest BCUT2D eigenvalue weighted by atomic mass is 15.3. The van der Waals surface area contributed by atoms with Gasteiger partial charge in [0.05, 0.1) is 11.1 Å². The van der Waals surface area contributed by atoms with Crippen molar-refractivity contribution in [1.82, 2.24) is 10.2 Å². The highest BCUT2D eigenvalue weighted by Crippen LogP contribution is 2.52. The first-order chi connectivity index (χ1) is 14.4. The van der Waals surface area contributed by atoms with Gasteiger partial charge in [0.2, 0.25) is 0 Å². The number of nitrogens with one attached hydrogen (secondary N) is 1. The molecule has 3 aromatic rings. The van der Waals surface area contributed by atoms with Crippen LogP contribution in [0.4, 0.5) is 5.69 Å². The summed E-state index contributed by atoms with van der Waals surface area (Å²) in [6.45, 7) is 2.09. The van der Waals surface area contributed by atoms with Crippen molar-refractivity contribution in [2.24, 2.45) is 4.99 Å². The molecule has 2 fully saturated rings. The van der Waals surface area contributed by atoms with Crippen molar-refractivity contribution < 1.29 is 0 Å². The van der Waals surface area contributed by atoms with Gasteiger partial charge in [0.15, 0.2) is 0 Å². The summed E-state index contributed by atoms with van der Waals surface area (Å²) < 4.78 is 0. The molecule has 1 spiro atoms. The fourth-order valence-electron chi connectivity index (χ4n) is 5.54. The number of rotatable bonds is 4. The molecule has 1 unspecified atom stereocenters. The third kappa shape index (κ3) is 2.77. The third-order valence-electron chi connectivity index (χ3n) is 6.92. The first-order valence-electron chi connectivity index (χ1n) is 10.6. The van der Waals surface area contributed by atoms with E-state index < -0.39 is 0 Å². The van der Waals surface area contributed by atoms with E-state index in [-0.39, 0.29) is 5.41 Å². The number of likely N-dealkylation sites (tertiary alicyclic amines) is 1. The monoisotopic (exact) mass is 379 g/mol. The zero-order chi connectivity index (χ0) is 19.3. The van der Waals surface area contributed by atoms with Gasteiger partial charge >= 0.3 is 0 Å². The van der Waals surface area contributed by atoms with Crippen molar-refractivity contribution in [3.63, 3.8) is 0 Å². The number of benzene rings is 3. The van der Waals surface area contributed by atoms with Crippen LogP contribution in [-0.2, 0) is 12.0 Å². The molecule has 0 radical (unpaired) electrons. The summed E-state index contributed by atoms with van der Waals surface area (Å²) in [4.78, 5) is 7.54. The summed E-state index contributed by atoms with van der Waals surface area (Å²) in [7, 11) is 0. The summed E-state index contributed by atoms with van der Waals surface area (Å²) in [6.07, 6.45) is 3.39. The Morgan fingerprint density at radius 3 is 2.45 bits per heavy atom. The van der Waals surface area contributed by atoms with E-state index >= 15 is 0 Å². The van der Waals surface area contributed by atoms with Gasteiger partial charge in [-0.1, -0.05) is 78.9 Å². The Morgan fingerprint density at radius 1 is 0.897 bits per heavy atom. The zero-order valence-electron chi connectivity index (χ0n) is 16.4. The minimum Gasteiger partial charge on any atom is -0.302 e. The summed E-state index contributed by atoms with van der Waals surface area (Å²) in [6, 6.07) is 31.7. The molecule has 3 aromatic carbocycles. The largest absolute Gasteiger partial charge is 0.302 e. The molecule has 0 aromatic heterocycles. The second-order valence-electron chi connectivity index (χ2n) is 8.55. The molecular formula is C26H25N3. The van der Waals surface area contributed by atoms with Gasteiger partial charge in [-0.2, -0.15) is 0 Å². The van der Waals surface area contributed by atoms with Crippen LogP contribution in [0.1, 0.15) is 29.2 Å². The summed E-state index contributed by atoms with van der Waals surface area (Å²) >= 11 is 0. The van der Waals surface area contributed by atoms with Crippen molar-refractivity contribution in [2.45, 2.75) is 36.5 Å². The van der Waals surface area contributed by atoms with Crippen molar-refractivity contribution in [1.29, 1.82) is 0 Å². The van der Waals surface area contributed by atoms with Crippen LogP contribution in [0.5, 0.6) is 0 Å². The van der Waals surface area contributed by atoms with Gasteiger partial charge in [0.25, 0.3) is 0 Å². The number of nitrogens with zero attached hydrogens (tertiary/aromatic N) is 2. The Labute approximate surface area is 172 Å². The second kappa shape index (κ2) is 6.65. The van der Waals surface area contributed by atoms with Crippen molar-refractivity contribution >= 4 is 11.9 Å². The fraction of sp³-hybridized carbons (Fsp3) is 0.269. The van der Waals surface area contributed by atoms with Crippen LogP contribution in [0.3, 0.4) is 0 Å². The summed E-state index contributed by atoms with van der Waals surface area (Å²) in [5.74, 6) is 0. The maximum absolute atomic E-state index is 4.85. The number of aliphatic imine (C=N–C) groups is 1. The molecule has 1 N–H and O–H groups in total. The molecule has 3 aliphatic heterocycles. The van der Waals surface area contributed by atoms with E-state index in [1.165, 1.54) is 16.7 Å². The Hall–Kier alpha value is -2.75. The van der Waals surface area contributed by atoms with Gasteiger partial charge in [-0.05, 0) is 29.2 Å². The zero-order valence-corrected chi connectivity index (χ0v) is 16.4. The molecule has 144 valence electrons. The number of para-hydroxylation sites is 1. The maximum atomic E-state index is 4.85. The predicted octanol–water partition coefficient (Wildman–Crippen LogP) is 4.63. The quantitative estimate of drug-likeness (QED) is 0.671. The topological polar surface area (TPSA) is 37.5 Å².